The molecule has 0 aliphatic carbocycles. The highest BCUT2D eigenvalue weighted by Crippen LogP contribution is 2.18. The van der Waals surface area contributed by atoms with Crippen LogP contribution >= 0.6 is 0 Å². The van der Waals surface area contributed by atoms with Gasteiger partial charge in [0.15, 0.2) is 0 Å². The summed E-state index contributed by atoms with van der Waals surface area (Å²) < 4.78 is 33.6. The van der Waals surface area contributed by atoms with Crippen LogP contribution < -0.4 is 0 Å². The molecule has 0 atom stereocenters. The number of nitrogens with zero attached hydrogens (tertiary/aromatic N) is 1. The highest BCUT2D eigenvalue weighted by atomic mass is 32.2. The predicted octanol–water partition coefficient (Wildman–Crippen LogP) is 9.27. The number of hydrogen-bond acceptors (Lipinski definition) is 2. The molecule has 0 radical (unpaired) electrons. The van der Waals surface area contributed by atoms with Gasteiger partial charge in [-0.05, 0) is 56.8 Å². The first-order chi connectivity index (χ1) is 15.9. The molecule has 0 bridgehead atoms. The third kappa shape index (κ3) is 21.4. The summed E-state index contributed by atoms with van der Waals surface area (Å²) in [6, 6.07) is 0. The molecule has 0 aromatic rings. The van der Waals surface area contributed by atoms with Gasteiger partial charge in [0, 0.05) is 0 Å². The van der Waals surface area contributed by atoms with Crippen LogP contribution in [0.25, 0.3) is 0 Å². The zero-order valence-electron chi connectivity index (χ0n) is 22.0. The summed E-state index contributed by atoms with van der Waals surface area (Å²) in [5.41, 5.74) is 0. The highest BCUT2D eigenvalue weighted by molar-refractivity contribution is 7.85. The number of allylic oxidation sites excluding steroid dienone is 3. The van der Waals surface area contributed by atoms with E-state index in [2.05, 4.69) is 39.0 Å². The first kappa shape index (κ1) is 32.1. The van der Waals surface area contributed by atoms with E-state index in [-0.39, 0.29) is 10.4 Å². The van der Waals surface area contributed by atoms with Crippen LogP contribution in [0.1, 0.15) is 136 Å². The fourth-order valence-electron chi connectivity index (χ4n) is 3.97. The Kier molecular flexibility index (Phi) is 21.0. The predicted molar refractivity (Wildman–Crippen MR) is 144 cm³/mol. The van der Waals surface area contributed by atoms with Gasteiger partial charge in [-0.1, -0.05) is 97.8 Å². The largest absolute Gasteiger partial charge is 0.317 e. The second-order valence-corrected chi connectivity index (χ2v) is 10.9. The average molecular weight is 485 g/mol. The van der Waals surface area contributed by atoms with E-state index in [9.17, 15) is 13.0 Å². The van der Waals surface area contributed by atoms with Crippen molar-refractivity contribution in [1.29, 1.82) is 0 Å². The topological polar surface area (TPSA) is 54.4 Å². The standard InChI is InChI=1S/C28H53NO3S/c1-4-7-10-13-16-19-22-25-29(28-33(30,31)32,26-23-20-17-14-11-8-5-2)27-24-21-18-15-12-9-6-3/h22-27H,4-21,28H2,1-3H3/p+1/b25-22+,26-23+,27-24+. The molecule has 0 aliphatic heterocycles. The maximum Gasteiger partial charge on any atom is 0.317 e. The maximum absolute atomic E-state index is 11.9. The molecule has 0 aliphatic rings. The molecule has 0 heterocycles. The number of unbranched alkanes of at least 4 members (excludes halogenated alkanes) is 15. The second-order valence-electron chi connectivity index (χ2n) is 9.47. The number of hydrogen-bond donors (Lipinski definition) is 1. The molecule has 0 saturated heterocycles. The van der Waals surface area contributed by atoms with Gasteiger partial charge in [0.1, 0.15) is 18.6 Å². The number of quaternary nitrogens is 1. The molecule has 5 heteroatoms. The van der Waals surface area contributed by atoms with Gasteiger partial charge in [-0.2, -0.15) is 8.42 Å². The quantitative estimate of drug-likeness (QED) is 0.0893. The van der Waals surface area contributed by atoms with Crippen LogP contribution in [0.3, 0.4) is 0 Å². The van der Waals surface area contributed by atoms with E-state index in [4.69, 9.17) is 0 Å². The molecule has 4 nitrogen and oxygen atoms in total. The van der Waals surface area contributed by atoms with Crippen molar-refractivity contribution in [3.63, 3.8) is 0 Å². The molecule has 0 unspecified atom stereocenters. The van der Waals surface area contributed by atoms with E-state index in [1.54, 1.807) is 0 Å². The smallest absolute Gasteiger partial charge is 0.281 e. The van der Waals surface area contributed by atoms with Crippen LogP contribution in [0.15, 0.2) is 36.8 Å². The molecule has 0 fully saturated rings. The van der Waals surface area contributed by atoms with Gasteiger partial charge in [-0.15, -0.1) is 0 Å². The van der Waals surface area contributed by atoms with Crippen molar-refractivity contribution in [1.82, 2.24) is 0 Å². The summed E-state index contributed by atoms with van der Waals surface area (Å²) >= 11 is 0. The van der Waals surface area contributed by atoms with Gasteiger partial charge in [0.05, 0.1) is 0 Å². The van der Waals surface area contributed by atoms with Crippen molar-refractivity contribution in [2.75, 3.05) is 5.88 Å². The van der Waals surface area contributed by atoms with Crippen molar-refractivity contribution < 1.29 is 17.5 Å². The van der Waals surface area contributed by atoms with Gasteiger partial charge in [-0.3, -0.25) is 4.55 Å². The van der Waals surface area contributed by atoms with Crippen LogP contribution in [0.5, 0.6) is 0 Å². The molecular formula is C28H54NO3S+. The molecule has 0 aromatic carbocycles. The Morgan fingerprint density at radius 2 is 0.848 bits per heavy atom. The summed E-state index contributed by atoms with van der Waals surface area (Å²) in [4.78, 5) is 0. The lowest BCUT2D eigenvalue weighted by molar-refractivity contribution is -0.760. The van der Waals surface area contributed by atoms with Crippen LogP contribution in [0, 0.1) is 0 Å². The van der Waals surface area contributed by atoms with Gasteiger partial charge in [0.25, 0.3) is 0 Å². The van der Waals surface area contributed by atoms with E-state index in [1.165, 1.54) is 77.0 Å². The molecule has 194 valence electrons. The highest BCUT2D eigenvalue weighted by Gasteiger charge is 2.26. The van der Waals surface area contributed by atoms with Crippen LogP contribution in [0.4, 0.5) is 0 Å². The summed E-state index contributed by atoms with van der Waals surface area (Å²) in [7, 11) is -4.13. The third-order valence-electron chi connectivity index (χ3n) is 5.96. The van der Waals surface area contributed by atoms with Crippen molar-refractivity contribution in [3.8, 4) is 0 Å². The minimum atomic E-state index is -4.13. The molecule has 0 amide bonds. The summed E-state index contributed by atoms with van der Waals surface area (Å²) in [6.07, 6.45) is 33.2. The van der Waals surface area contributed by atoms with E-state index < -0.39 is 10.1 Å². The van der Waals surface area contributed by atoms with Crippen molar-refractivity contribution in [3.05, 3.63) is 36.8 Å². The lowest BCUT2D eigenvalue weighted by Crippen LogP contribution is -2.36. The van der Waals surface area contributed by atoms with E-state index in [0.29, 0.717) is 0 Å². The zero-order chi connectivity index (χ0) is 24.7. The molecule has 0 spiro atoms. The zero-order valence-corrected chi connectivity index (χ0v) is 22.8. The monoisotopic (exact) mass is 484 g/mol. The number of rotatable bonds is 23. The van der Waals surface area contributed by atoms with Crippen molar-refractivity contribution >= 4 is 10.1 Å². The Balaban J connectivity index is 5.19. The first-order valence-corrected chi connectivity index (χ1v) is 15.4. The molecule has 33 heavy (non-hydrogen) atoms. The summed E-state index contributed by atoms with van der Waals surface area (Å²) in [5, 5.41) is 0. The fourth-order valence-corrected chi connectivity index (χ4v) is 4.79. The van der Waals surface area contributed by atoms with Gasteiger partial charge in [0.2, 0.25) is 5.88 Å². The SMILES string of the molecule is CCCCCCC/C=C/[N+](/C=C/CCCCCCC)(/C=C/CCCCCCC)CS(=O)(=O)O. The first-order valence-electron chi connectivity index (χ1n) is 13.7. The van der Waals surface area contributed by atoms with Crippen LogP contribution in [0.2, 0.25) is 0 Å². The molecule has 0 saturated carbocycles. The molecule has 1 N–H and O–H groups in total. The minimum Gasteiger partial charge on any atom is -0.281 e. The normalized spacial score (nSPS) is 13.2. The van der Waals surface area contributed by atoms with Gasteiger partial charge in [-0.25, -0.2) is 4.48 Å². The third-order valence-corrected chi connectivity index (χ3v) is 6.73. The molecule has 0 rings (SSSR count). The Hall–Kier alpha value is -0.910. The van der Waals surface area contributed by atoms with E-state index in [1.807, 2.05) is 18.6 Å². The molecule has 0 aromatic heterocycles. The van der Waals surface area contributed by atoms with Gasteiger partial charge >= 0.3 is 10.1 Å². The Labute approximate surface area is 206 Å². The Bertz CT molecular complexity index is 563. The van der Waals surface area contributed by atoms with Crippen LogP contribution in [-0.2, 0) is 10.1 Å². The van der Waals surface area contributed by atoms with Crippen molar-refractivity contribution in [2.24, 2.45) is 0 Å². The van der Waals surface area contributed by atoms with Crippen molar-refractivity contribution in [2.45, 2.75) is 136 Å². The van der Waals surface area contributed by atoms with E-state index in [0.717, 1.165) is 38.5 Å². The Morgan fingerprint density at radius 3 is 1.12 bits per heavy atom. The maximum atomic E-state index is 11.9. The summed E-state index contributed by atoms with van der Waals surface area (Å²) in [6.45, 7) is 6.65. The molecular weight excluding hydrogens is 430 g/mol. The lowest BCUT2D eigenvalue weighted by atomic mass is 10.1. The lowest BCUT2D eigenvalue weighted by Gasteiger charge is -2.25. The average Bonchev–Trinajstić information content (AvgIpc) is 2.76. The fraction of sp³-hybridized carbons (Fsp3) is 0.786. The van der Waals surface area contributed by atoms with Gasteiger partial charge < -0.3 is 0 Å². The second kappa shape index (κ2) is 21.6. The Morgan fingerprint density at radius 1 is 0.545 bits per heavy atom. The van der Waals surface area contributed by atoms with Crippen LogP contribution in [-0.4, -0.2) is 23.3 Å². The minimum absolute atomic E-state index is 0.0394. The van der Waals surface area contributed by atoms with E-state index >= 15 is 0 Å². The summed E-state index contributed by atoms with van der Waals surface area (Å²) in [5.74, 6) is -0.349.